The first-order valence-corrected chi connectivity index (χ1v) is 70.2. The van der Waals surface area contributed by atoms with Gasteiger partial charge in [0.1, 0.15) is 0 Å². The average Bonchev–Trinajstić information content (AvgIpc) is 0.790. The number of nitrogens with zero attached hydrogens (tertiary/aromatic N) is 4. The predicted molar refractivity (Wildman–Crippen MR) is 472 cm³/mol. The molecular weight excluding hydrogens is 1500 g/mol. The topological polar surface area (TPSA) is 15.5 Å². The molecule has 0 aliphatic carbocycles. The first kappa shape index (κ1) is 90.3. The van der Waals surface area contributed by atoms with Crippen molar-refractivity contribution in [1.29, 1.82) is 0 Å². The third-order valence-electron chi connectivity index (χ3n) is 22.6. The molecule has 0 radical (unpaired) electrons. The van der Waals surface area contributed by atoms with E-state index in [1.807, 2.05) is 0 Å². The zero-order chi connectivity index (χ0) is 78.6. The van der Waals surface area contributed by atoms with Crippen LogP contribution in [0.15, 0.2) is 122 Å². The van der Waals surface area contributed by atoms with Gasteiger partial charge < -0.3 is 0 Å². The molecule has 0 amide bonds. The van der Waals surface area contributed by atoms with Crippen LogP contribution in [0.5, 0.6) is 0 Å². The number of rotatable bonds is 23. The van der Waals surface area contributed by atoms with Gasteiger partial charge in [0.2, 0.25) is 0 Å². The second-order valence-corrected chi connectivity index (χ2v) is 79.5. The summed E-state index contributed by atoms with van der Waals surface area (Å²) >= 11 is -7.73. The number of pyridine rings is 4. The van der Waals surface area contributed by atoms with E-state index in [-0.39, 0.29) is 5.41 Å². The van der Waals surface area contributed by atoms with Gasteiger partial charge in [-0.3, -0.25) is 0 Å². The molecule has 0 saturated carbocycles. The Labute approximate surface area is 651 Å². The van der Waals surface area contributed by atoms with Crippen molar-refractivity contribution in [3.05, 3.63) is 189 Å². The summed E-state index contributed by atoms with van der Waals surface area (Å²) in [6.07, 6.45) is 20.8. The Morgan fingerprint density at radius 3 is 0.875 bits per heavy atom. The van der Waals surface area contributed by atoms with Crippen LogP contribution in [-0.2, 0) is 40.0 Å². The Hall–Kier alpha value is -4.35. The zero-order valence-corrected chi connectivity index (χ0v) is 82.1. The van der Waals surface area contributed by atoms with Crippen LogP contribution in [0.1, 0.15) is 252 Å². The zero-order valence-electron chi connectivity index (χ0n) is 73.7. The predicted octanol–water partition coefficient (Wildman–Crippen LogP) is 23.7. The van der Waals surface area contributed by atoms with Crippen molar-refractivity contribution in [1.82, 2.24) is 0 Å². The van der Waals surface area contributed by atoms with Crippen LogP contribution >= 0.6 is 0 Å². The van der Waals surface area contributed by atoms with E-state index >= 15 is 0 Å². The molecule has 0 fully saturated rings. The third-order valence-corrected chi connectivity index (χ3v) is 39.7. The van der Waals surface area contributed by atoms with E-state index in [1.165, 1.54) is 141 Å². The maximum atomic E-state index is 2.53. The second-order valence-electron chi connectivity index (χ2n) is 37.2. The van der Waals surface area contributed by atoms with E-state index in [2.05, 4.69) is 376 Å². The second kappa shape index (κ2) is 38.3. The van der Waals surface area contributed by atoms with Crippen molar-refractivity contribution in [3.63, 3.8) is 0 Å². The van der Waals surface area contributed by atoms with Crippen molar-refractivity contribution >= 4 is 70.6 Å². The van der Waals surface area contributed by atoms with Crippen LogP contribution in [0, 0.1) is 40.5 Å². The summed E-state index contributed by atoms with van der Waals surface area (Å²) in [5, 5.41) is 0. The van der Waals surface area contributed by atoms with Gasteiger partial charge in [-0.05, 0) is 0 Å². The van der Waals surface area contributed by atoms with E-state index in [9.17, 15) is 0 Å². The SMILES string of the molecule is CCC(CC)c1cc(-c2cc(C(C)(C)C)ccc2C)[n+](C)c[c]1[Ge]([CH3])([CH3])[CH3].CCC(CC)c1cc(-c2cc(C(C)C)ccc2C)[n+](C)c[c]1[Ge]([CH3])([CH3])[CH3].CCC(CC)c1cc(-c2cc(C)ccc2C)[n+](C)c[c]1[Ge]([CH3])([CH3])[CH3].CCC(CC)c1cc(-c2cc(CC(C)C)ccc2C)[n+](C)c[c]1[Ge]([CH3])([CH3])[CH3]. The molecule has 4 heterocycles. The molecule has 0 spiro atoms. The molecule has 4 aromatic carbocycles. The van der Waals surface area contributed by atoms with Crippen LogP contribution in [0.3, 0.4) is 0 Å². The van der Waals surface area contributed by atoms with E-state index in [1.54, 1.807) is 39.8 Å². The van der Waals surface area contributed by atoms with E-state index in [4.69, 9.17) is 0 Å². The summed E-state index contributed by atoms with van der Waals surface area (Å²) in [4.78, 5) is 0. The number of aryl methyl sites for hydroxylation is 9. The van der Waals surface area contributed by atoms with Crippen LogP contribution in [0.2, 0.25) is 69.1 Å². The Kier molecular flexibility index (Phi) is 33.3. The maximum absolute atomic E-state index is 2.53. The first-order valence-electron chi connectivity index (χ1n) is 40.8. The molecule has 0 saturated heterocycles. The number of aromatic nitrogens is 4. The molecule has 0 atom stereocenters. The van der Waals surface area contributed by atoms with Gasteiger partial charge in [-0.15, -0.1) is 0 Å². The minimum absolute atomic E-state index is 0.167. The fraction of sp³-hybridized carbons (Fsp3) is 0.542. The van der Waals surface area contributed by atoms with Crippen molar-refractivity contribution in [3.8, 4) is 45.0 Å². The Bertz CT molecular complexity index is 4140. The molecule has 0 aliphatic rings. The van der Waals surface area contributed by atoms with E-state index in [0.29, 0.717) is 35.5 Å². The molecule has 4 aromatic heterocycles. The summed E-state index contributed by atoms with van der Waals surface area (Å²) in [5.74, 6) is 34.1. The van der Waals surface area contributed by atoms with Gasteiger partial charge in [0.15, 0.2) is 0 Å². The molecule has 568 valence electrons. The van der Waals surface area contributed by atoms with Gasteiger partial charge in [-0.2, -0.15) is 0 Å². The Morgan fingerprint density at radius 1 is 0.327 bits per heavy atom. The van der Waals surface area contributed by atoms with Gasteiger partial charge in [0.25, 0.3) is 0 Å². The standard InChI is InChI=1S/2C25H40GeN.C24H38GeN.C22H34GeN/c1-11-19(12-2)22-16-24(27(10)17-23(22)26(7,8)9)21-15-20(25(4,5)6)14-13-18(21)3;1-10-21(11-2)23-16-25(27(9)17-24(23)26(6,7)8)22-15-20(14-18(3)4)13-12-19(22)5;1-10-19(11-2)22-15-24(26(9)16-23(22)25(6,7)8)21-14-20(17(3)4)13-12-18(21)5;1-9-18(10-2)20-14-22(19-13-16(3)11-12-17(19)4)24(8)15-21(20)23(5,6)7/h13-17,19H,11-12H2,1-10H3;12-13,15-18,21H,10-11,14H2,1-9H3;12-17,19H,10-11H2,1-9H3;11-15,18H,9-10H2,1-8H3/q4*+1. The summed E-state index contributed by atoms with van der Waals surface area (Å²) in [6, 6.07) is 37.9. The van der Waals surface area contributed by atoms with Gasteiger partial charge in [-0.1, -0.05) is 0 Å². The molecule has 8 heteroatoms. The van der Waals surface area contributed by atoms with Gasteiger partial charge in [0, 0.05) is 0 Å². The third kappa shape index (κ3) is 23.4. The summed E-state index contributed by atoms with van der Waals surface area (Å²) in [5.41, 5.74) is 28.7. The van der Waals surface area contributed by atoms with E-state index in [0.717, 1.165) is 6.42 Å². The molecule has 0 unspecified atom stereocenters. The van der Waals surface area contributed by atoms with Crippen molar-refractivity contribution in [2.45, 2.75) is 300 Å². The van der Waals surface area contributed by atoms with Crippen molar-refractivity contribution < 1.29 is 18.3 Å². The fourth-order valence-corrected chi connectivity index (χ4v) is 30.2. The molecule has 104 heavy (non-hydrogen) atoms. The minimum atomic E-state index is -1.95. The van der Waals surface area contributed by atoms with Crippen LogP contribution in [-0.4, -0.2) is 53.1 Å². The van der Waals surface area contributed by atoms with E-state index < -0.39 is 53.1 Å². The first-order chi connectivity index (χ1) is 48.3. The number of hydrogen-bond donors (Lipinski definition) is 0. The molecule has 8 aromatic rings. The van der Waals surface area contributed by atoms with Crippen LogP contribution in [0.4, 0.5) is 0 Å². The van der Waals surface area contributed by atoms with Gasteiger partial charge in [-0.25, -0.2) is 0 Å². The summed E-state index contributed by atoms with van der Waals surface area (Å²) < 4.78 is 16.2. The fourth-order valence-electron chi connectivity index (χ4n) is 15.7. The Balaban J connectivity index is 0.000000249. The van der Waals surface area contributed by atoms with Crippen LogP contribution in [0.25, 0.3) is 45.0 Å². The van der Waals surface area contributed by atoms with Crippen LogP contribution < -0.4 is 35.9 Å². The summed E-state index contributed by atoms with van der Waals surface area (Å²) in [6.45, 7) is 45.9. The number of benzene rings is 4. The normalized spacial score (nSPS) is 12.3. The molecule has 8 rings (SSSR count). The Morgan fingerprint density at radius 2 is 0.596 bits per heavy atom. The molecule has 0 N–H and O–H groups in total. The van der Waals surface area contributed by atoms with Gasteiger partial charge in [0.05, 0.1) is 0 Å². The van der Waals surface area contributed by atoms with Crippen molar-refractivity contribution in [2.75, 3.05) is 0 Å². The molecule has 0 bridgehead atoms. The van der Waals surface area contributed by atoms with Crippen molar-refractivity contribution in [2.24, 2.45) is 34.1 Å². The molecular formula is C96H152Ge4N4+4. The average molecular weight is 1650 g/mol. The molecule has 4 nitrogen and oxygen atoms in total. The molecule has 0 aliphatic heterocycles. The quantitative estimate of drug-likeness (QED) is 0.0448. The van der Waals surface area contributed by atoms with Gasteiger partial charge >= 0.3 is 657 Å². The summed E-state index contributed by atoms with van der Waals surface area (Å²) in [7, 11) is 8.90. The monoisotopic (exact) mass is 1660 g/mol. The number of hydrogen-bond acceptors (Lipinski definition) is 0.